The number of piperazine rings is 1. The summed E-state index contributed by atoms with van der Waals surface area (Å²) in [6.07, 6.45) is 3.70. The van der Waals surface area contributed by atoms with Gasteiger partial charge in [-0.25, -0.2) is 0 Å². The average molecular weight is 343 g/mol. The molecule has 0 bridgehead atoms. The highest BCUT2D eigenvalue weighted by molar-refractivity contribution is 7.99. The molecule has 0 unspecified atom stereocenters. The Kier molecular flexibility index (Phi) is 5.71. The summed E-state index contributed by atoms with van der Waals surface area (Å²) in [6.45, 7) is 7.81. The third kappa shape index (κ3) is 3.64. The topological polar surface area (TPSA) is 24.3 Å². The molecule has 0 N–H and O–H groups in total. The number of hydrogen-bond donors (Lipinski definition) is 0. The van der Waals surface area contributed by atoms with Crippen LogP contribution < -0.4 is 0 Å². The van der Waals surface area contributed by atoms with Gasteiger partial charge in [-0.3, -0.25) is 14.5 Å². The Balaban J connectivity index is 1.55. The first-order valence-electron chi connectivity index (χ1n) is 8.43. The van der Waals surface area contributed by atoms with Gasteiger partial charge in [0.2, 0.25) is 0 Å². The number of hydrogen-bond acceptors (Lipinski definition) is 4. The number of aromatic nitrogens is 2. The zero-order chi connectivity index (χ0) is 15.5. The first-order chi connectivity index (χ1) is 10.7. The van der Waals surface area contributed by atoms with Crippen LogP contribution in [0.2, 0.25) is 5.15 Å². The summed E-state index contributed by atoms with van der Waals surface area (Å²) < 4.78 is 1.81. The van der Waals surface area contributed by atoms with Gasteiger partial charge in [-0.15, -0.1) is 0 Å². The second-order valence-corrected chi connectivity index (χ2v) is 7.93. The number of rotatable bonds is 4. The van der Waals surface area contributed by atoms with Gasteiger partial charge in [0.05, 0.1) is 5.69 Å². The molecule has 0 aromatic carbocycles. The van der Waals surface area contributed by atoms with Crippen LogP contribution in [0.5, 0.6) is 0 Å². The van der Waals surface area contributed by atoms with Crippen LogP contribution >= 0.6 is 23.4 Å². The molecule has 6 heteroatoms. The van der Waals surface area contributed by atoms with E-state index >= 15 is 0 Å². The largest absolute Gasteiger partial charge is 0.298 e. The standard InChI is InChI=1S/C16H27ClN4S/c1-3-15-14(16(17)19(2)18-15)12-20-6-8-21(9-7-20)13-4-10-22-11-5-13/h13H,3-12H2,1-2H3. The number of halogens is 1. The monoisotopic (exact) mass is 342 g/mol. The van der Waals surface area contributed by atoms with E-state index in [0.29, 0.717) is 0 Å². The summed E-state index contributed by atoms with van der Waals surface area (Å²) in [5, 5.41) is 5.34. The first-order valence-corrected chi connectivity index (χ1v) is 9.96. The summed E-state index contributed by atoms with van der Waals surface area (Å²) in [5.41, 5.74) is 2.38. The van der Waals surface area contributed by atoms with Gasteiger partial charge in [-0.05, 0) is 30.8 Å². The molecule has 0 spiro atoms. The highest BCUT2D eigenvalue weighted by Gasteiger charge is 2.26. The molecule has 0 radical (unpaired) electrons. The third-order valence-electron chi connectivity index (χ3n) is 4.98. The second-order valence-electron chi connectivity index (χ2n) is 6.35. The van der Waals surface area contributed by atoms with Crippen molar-refractivity contribution in [1.82, 2.24) is 19.6 Å². The van der Waals surface area contributed by atoms with Crippen LogP contribution in [0.25, 0.3) is 0 Å². The molecule has 1 aromatic rings. The van der Waals surface area contributed by atoms with Gasteiger partial charge in [-0.2, -0.15) is 16.9 Å². The number of aryl methyl sites for hydroxylation is 2. The van der Waals surface area contributed by atoms with Crippen LogP contribution in [0.1, 0.15) is 31.0 Å². The van der Waals surface area contributed by atoms with E-state index in [1.165, 1.54) is 43.0 Å². The van der Waals surface area contributed by atoms with Crippen LogP contribution in [0.3, 0.4) is 0 Å². The van der Waals surface area contributed by atoms with Gasteiger partial charge in [-0.1, -0.05) is 18.5 Å². The summed E-state index contributed by atoms with van der Waals surface area (Å²) in [6, 6.07) is 0.830. The van der Waals surface area contributed by atoms with E-state index in [2.05, 4.69) is 33.6 Å². The molecule has 0 aliphatic carbocycles. The SMILES string of the molecule is CCc1nn(C)c(Cl)c1CN1CCN(C2CCSCC2)CC1. The van der Waals surface area contributed by atoms with E-state index in [-0.39, 0.29) is 0 Å². The summed E-state index contributed by atoms with van der Waals surface area (Å²) in [4.78, 5) is 5.25. The maximum Gasteiger partial charge on any atom is 0.131 e. The fraction of sp³-hybridized carbons (Fsp3) is 0.812. The molecule has 0 saturated carbocycles. The minimum absolute atomic E-state index is 0.809. The maximum atomic E-state index is 6.42. The molecule has 3 rings (SSSR count). The van der Waals surface area contributed by atoms with Crippen molar-refractivity contribution in [2.45, 2.75) is 38.8 Å². The van der Waals surface area contributed by atoms with Crippen LogP contribution in [0.4, 0.5) is 0 Å². The fourth-order valence-electron chi connectivity index (χ4n) is 3.60. The van der Waals surface area contributed by atoms with Crippen molar-refractivity contribution < 1.29 is 0 Å². The van der Waals surface area contributed by atoms with Gasteiger partial charge in [0.15, 0.2) is 0 Å². The molecular weight excluding hydrogens is 316 g/mol. The zero-order valence-corrected chi connectivity index (χ0v) is 15.3. The minimum atomic E-state index is 0.809. The highest BCUT2D eigenvalue weighted by Crippen LogP contribution is 2.25. The predicted octanol–water partition coefficient (Wildman–Crippen LogP) is 2.65. The Morgan fingerprint density at radius 1 is 1.18 bits per heavy atom. The molecule has 2 aliphatic heterocycles. The Hall–Kier alpha value is -0.230. The molecule has 2 aliphatic rings. The molecule has 0 atom stereocenters. The molecule has 4 nitrogen and oxygen atoms in total. The Labute approximate surface area is 143 Å². The smallest absolute Gasteiger partial charge is 0.131 e. The lowest BCUT2D eigenvalue weighted by atomic mass is 10.1. The van der Waals surface area contributed by atoms with Crippen molar-refractivity contribution in [1.29, 1.82) is 0 Å². The molecule has 0 amide bonds. The second kappa shape index (κ2) is 7.56. The van der Waals surface area contributed by atoms with E-state index in [9.17, 15) is 0 Å². The van der Waals surface area contributed by atoms with Crippen molar-refractivity contribution in [3.05, 3.63) is 16.4 Å². The van der Waals surface area contributed by atoms with Crippen LogP contribution in [0.15, 0.2) is 0 Å². The Morgan fingerprint density at radius 2 is 1.86 bits per heavy atom. The third-order valence-corrected chi connectivity index (χ3v) is 6.50. The lowest BCUT2D eigenvalue weighted by Crippen LogP contribution is -2.50. The van der Waals surface area contributed by atoms with Crippen LogP contribution in [-0.4, -0.2) is 63.3 Å². The summed E-state index contributed by atoms with van der Waals surface area (Å²) in [5.74, 6) is 2.69. The van der Waals surface area contributed by atoms with E-state index in [0.717, 1.165) is 42.9 Å². The van der Waals surface area contributed by atoms with Gasteiger partial charge in [0.25, 0.3) is 0 Å². The average Bonchev–Trinajstić information content (AvgIpc) is 2.84. The normalized spacial score (nSPS) is 22.3. The zero-order valence-electron chi connectivity index (χ0n) is 13.7. The minimum Gasteiger partial charge on any atom is -0.298 e. The lowest BCUT2D eigenvalue weighted by Gasteiger charge is -2.40. The molecule has 2 saturated heterocycles. The Bertz CT molecular complexity index is 491. The van der Waals surface area contributed by atoms with E-state index in [1.807, 2.05) is 11.7 Å². The molecule has 3 heterocycles. The maximum absolute atomic E-state index is 6.42. The fourth-order valence-corrected chi connectivity index (χ4v) is 4.89. The van der Waals surface area contributed by atoms with Crippen LogP contribution in [-0.2, 0) is 20.0 Å². The Morgan fingerprint density at radius 3 is 2.50 bits per heavy atom. The van der Waals surface area contributed by atoms with Gasteiger partial charge >= 0.3 is 0 Å². The van der Waals surface area contributed by atoms with E-state index in [4.69, 9.17) is 11.6 Å². The lowest BCUT2D eigenvalue weighted by molar-refractivity contribution is 0.0878. The van der Waals surface area contributed by atoms with Crippen molar-refractivity contribution in [2.75, 3.05) is 37.7 Å². The van der Waals surface area contributed by atoms with Crippen LogP contribution in [0, 0.1) is 0 Å². The number of thioether (sulfide) groups is 1. The molecular formula is C16H27ClN4S. The van der Waals surface area contributed by atoms with Gasteiger partial charge in [0.1, 0.15) is 5.15 Å². The quantitative estimate of drug-likeness (QED) is 0.839. The first kappa shape index (κ1) is 16.6. The molecule has 22 heavy (non-hydrogen) atoms. The predicted molar refractivity (Wildman–Crippen MR) is 94.8 cm³/mol. The van der Waals surface area contributed by atoms with Crippen molar-refractivity contribution in [2.24, 2.45) is 7.05 Å². The van der Waals surface area contributed by atoms with Gasteiger partial charge < -0.3 is 0 Å². The molecule has 1 aromatic heterocycles. The van der Waals surface area contributed by atoms with Crippen molar-refractivity contribution in [3.8, 4) is 0 Å². The van der Waals surface area contributed by atoms with E-state index in [1.54, 1.807) is 0 Å². The number of nitrogens with zero attached hydrogens (tertiary/aromatic N) is 4. The van der Waals surface area contributed by atoms with Crippen molar-refractivity contribution >= 4 is 23.4 Å². The van der Waals surface area contributed by atoms with Crippen molar-refractivity contribution in [3.63, 3.8) is 0 Å². The van der Waals surface area contributed by atoms with E-state index < -0.39 is 0 Å². The van der Waals surface area contributed by atoms with Gasteiger partial charge in [0, 0.05) is 51.4 Å². The summed E-state index contributed by atoms with van der Waals surface area (Å²) >= 11 is 8.54. The molecule has 124 valence electrons. The molecule has 2 fully saturated rings. The summed E-state index contributed by atoms with van der Waals surface area (Å²) in [7, 11) is 1.93. The highest BCUT2D eigenvalue weighted by atomic mass is 35.5.